The largest absolute Gasteiger partial charge is 0.495 e. The van der Waals surface area contributed by atoms with Crippen molar-refractivity contribution < 1.29 is 27.9 Å². The molecule has 1 atom stereocenters. The summed E-state index contributed by atoms with van der Waals surface area (Å²) in [5.41, 5.74) is -0.632. The molecular weight excluding hydrogens is 468 g/mol. The summed E-state index contributed by atoms with van der Waals surface area (Å²) in [5, 5.41) is 5.22. The van der Waals surface area contributed by atoms with Gasteiger partial charge in [-0.15, -0.1) is 0 Å². The highest BCUT2D eigenvalue weighted by atomic mass is 19.1. The molecule has 3 amide bonds. The molecule has 0 spiro atoms. The second kappa shape index (κ2) is 11.0. The molecule has 3 aromatic carbocycles. The molecule has 0 aromatic heterocycles. The minimum atomic E-state index is -1.58. The predicted molar refractivity (Wildman–Crippen MR) is 133 cm³/mol. The average Bonchev–Trinajstić information content (AvgIpc) is 2.82. The average molecular weight is 496 g/mol. The van der Waals surface area contributed by atoms with Crippen LogP contribution >= 0.6 is 0 Å². The number of hydrogen-bond acceptors (Lipinski definition) is 4. The standard InChI is InChI=1S/C27H27F2N3O4/c1-27(2,3)31-24(33)23(19-9-5-6-10-20(19)29)32(18-15-13-17(28)14-16-18)26(35)25(34)30-21-11-7-8-12-22(21)36-4/h5-16,23H,1-4H3,(H,30,34)(H,31,33)/t23-/m0/s1. The molecule has 36 heavy (non-hydrogen) atoms. The second-order valence-corrected chi connectivity index (χ2v) is 8.97. The first-order valence-electron chi connectivity index (χ1n) is 11.1. The van der Waals surface area contributed by atoms with Crippen molar-refractivity contribution in [3.8, 4) is 5.75 Å². The van der Waals surface area contributed by atoms with Crippen LogP contribution in [-0.2, 0) is 14.4 Å². The zero-order valence-corrected chi connectivity index (χ0v) is 20.3. The van der Waals surface area contributed by atoms with Gasteiger partial charge >= 0.3 is 11.8 Å². The van der Waals surface area contributed by atoms with Crippen LogP contribution in [0.5, 0.6) is 5.75 Å². The molecule has 0 aliphatic carbocycles. The monoisotopic (exact) mass is 495 g/mol. The maximum absolute atomic E-state index is 15.0. The van der Waals surface area contributed by atoms with E-state index in [-0.39, 0.29) is 16.9 Å². The molecule has 0 bridgehead atoms. The number of carbonyl (C=O) groups excluding carboxylic acids is 3. The Kier molecular flexibility index (Phi) is 8.03. The van der Waals surface area contributed by atoms with Crippen molar-refractivity contribution in [3.63, 3.8) is 0 Å². The number of hydrogen-bond donors (Lipinski definition) is 2. The molecular formula is C27H27F2N3O4. The fraction of sp³-hybridized carbons (Fsp3) is 0.222. The van der Waals surface area contributed by atoms with Gasteiger partial charge in [0.05, 0.1) is 12.8 Å². The fourth-order valence-electron chi connectivity index (χ4n) is 3.55. The van der Waals surface area contributed by atoms with E-state index in [2.05, 4.69) is 10.6 Å². The molecule has 0 radical (unpaired) electrons. The van der Waals surface area contributed by atoms with E-state index in [1.165, 1.54) is 43.5 Å². The highest BCUT2D eigenvalue weighted by Gasteiger charge is 2.38. The Hall–Kier alpha value is -4.27. The fourth-order valence-corrected chi connectivity index (χ4v) is 3.55. The normalized spacial score (nSPS) is 11.8. The van der Waals surface area contributed by atoms with E-state index >= 15 is 0 Å². The van der Waals surface area contributed by atoms with E-state index < -0.39 is 40.9 Å². The minimum absolute atomic E-state index is 0.0221. The summed E-state index contributed by atoms with van der Waals surface area (Å²) in [6.07, 6.45) is 0. The summed E-state index contributed by atoms with van der Waals surface area (Å²) in [7, 11) is 1.41. The highest BCUT2D eigenvalue weighted by molar-refractivity contribution is 6.45. The number of carbonyl (C=O) groups is 3. The third-order valence-electron chi connectivity index (χ3n) is 5.08. The minimum Gasteiger partial charge on any atom is -0.495 e. The van der Waals surface area contributed by atoms with E-state index in [4.69, 9.17) is 4.74 Å². The number of nitrogens with one attached hydrogen (secondary N) is 2. The van der Waals surface area contributed by atoms with Gasteiger partial charge in [-0.1, -0.05) is 30.3 Å². The first-order valence-corrected chi connectivity index (χ1v) is 11.1. The molecule has 3 rings (SSSR count). The number of rotatable bonds is 6. The number of para-hydroxylation sites is 2. The molecule has 2 N–H and O–H groups in total. The van der Waals surface area contributed by atoms with Crippen molar-refractivity contribution in [1.82, 2.24) is 5.32 Å². The van der Waals surface area contributed by atoms with Crippen LogP contribution < -0.4 is 20.3 Å². The summed E-state index contributed by atoms with van der Waals surface area (Å²) in [4.78, 5) is 41.1. The molecule has 188 valence electrons. The molecule has 7 nitrogen and oxygen atoms in total. The van der Waals surface area contributed by atoms with Crippen LogP contribution in [0.4, 0.5) is 20.2 Å². The van der Waals surface area contributed by atoms with Gasteiger partial charge in [0.25, 0.3) is 0 Å². The number of benzene rings is 3. The summed E-state index contributed by atoms with van der Waals surface area (Å²) >= 11 is 0. The highest BCUT2D eigenvalue weighted by Crippen LogP contribution is 2.31. The van der Waals surface area contributed by atoms with Crippen LogP contribution in [0.2, 0.25) is 0 Å². The number of anilines is 2. The molecule has 0 fully saturated rings. The summed E-state index contributed by atoms with van der Waals surface area (Å²) in [6, 6.07) is 15.0. The Morgan fingerprint density at radius 3 is 2.11 bits per heavy atom. The number of nitrogens with zero attached hydrogens (tertiary/aromatic N) is 1. The molecule has 0 saturated carbocycles. The second-order valence-electron chi connectivity index (χ2n) is 8.97. The lowest BCUT2D eigenvalue weighted by atomic mass is 10.00. The third kappa shape index (κ3) is 6.24. The maximum Gasteiger partial charge on any atom is 0.317 e. The van der Waals surface area contributed by atoms with Crippen molar-refractivity contribution in [3.05, 3.63) is 90.0 Å². The number of ether oxygens (including phenoxy) is 1. The van der Waals surface area contributed by atoms with Crippen LogP contribution in [-0.4, -0.2) is 30.4 Å². The van der Waals surface area contributed by atoms with Crippen molar-refractivity contribution in [2.75, 3.05) is 17.3 Å². The van der Waals surface area contributed by atoms with Gasteiger partial charge in [0.2, 0.25) is 5.91 Å². The van der Waals surface area contributed by atoms with Crippen molar-refractivity contribution in [2.45, 2.75) is 32.4 Å². The van der Waals surface area contributed by atoms with Gasteiger partial charge in [0, 0.05) is 16.8 Å². The van der Waals surface area contributed by atoms with Crippen LogP contribution in [0.15, 0.2) is 72.8 Å². The van der Waals surface area contributed by atoms with Gasteiger partial charge < -0.3 is 15.4 Å². The van der Waals surface area contributed by atoms with E-state index in [1.807, 2.05) is 0 Å². The van der Waals surface area contributed by atoms with Crippen molar-refractivity contribution in [2.24, 2.45) is 0 Å². The first kappa shape index (κ1) is 26.3. The number of methoxy groups -OCH3 is 1. The molecule has 0 aliphatic rings. The summed E-state index contributed by atoms with van der Waals surface area (Å²) in [6.45, 7) is 5.17. The lowest BCUT2D eigenvalue weighted by Gasteiger charge is -2.33. The summed E-state index contributed by atoms with van der Waals surface area (Å²) < 4.78 is 33.9. The quantitative estimate of drug-likeness (QED) is 0.490. The summed E-state index contributed by atoms with van der Waals surface area (Å²) in [5.74, 6) is -4.03. The Morgan fingerprint density at radius 2 is 1.50 bits per heavy atom. The van der Waals surface area contributed by atoms with E-state index in [0.717, 1.165) is 23.1 Å². The van der Waals surface area contributed by atoms with E-state index in [1.54, 1.807) is 39.0 Å². The van der Waals surface area contributed by atoms with Gasteiger partial charge in [0.15, 0.2) is 0 Å². The molecule has 0 heterocycles. The Bertz CT molecular complexity index is 1260. The Morgan fingerprint density at radius 1 is 0.889 bits per heavy atom. The zero-order valence-electron chi connectivity index (χ0n) is 20.3. The first-order chi connectivity index (χ1) is 17.0. The van der Waals surface area contributed by atoms with Crippen LogP contribution in [0.25, 0.3) is 0 Å². The van der Waals surface area contributed by atoms with Gasteiger partial charge in [0.1, 0.15) is 23.4 Å². The topological polar surface area (TPSA) is 87.7 Å². The van der Waals surface area contributed by atoms with Gasteiger partial charge in [-0.25, -0.2) is 8.78 Å². The molecule has 3 aromatic rings. The Labute approximate surface area is 208 Å². The number of halogens is 2. The van der Waals surface area contributed by atoms with Crippen molar-refractivity contribution >= 4 is 29.1 Å². The predicted octanol–water partition coefficient (Wildman–Crippen LogP) is 4.60. The number of amides is 3. The van der Waals surface area contributed by atoms with E-state index in [0.29, 0.717) is 5.75 Å². The van der Waals surface area contributed by atoms with Gasteiger partial charge in [-0.05, 0) is 63.2 Å². The van der Waals surface area contributed by atoms with Crippen LogP contribution in [0, 0.1) is 11.6 Å². The third-order valence-corrected chi connectivity index (χ3v) is 5.08. The molecule has 0 saturated heterocycles. The molecule has 9 heteroatoms. The van der Waals surface area contributed by atoms with Crippen LogP contribution in [0.1, 0.15) is 32.4 Å². The van der Waals surface area contributed by atoms with Gasteiger partial charge in [-0.3, -0.25) is 19.3 Å². The maximum atomic E-state index is 15.0. The van der Waals surface area contributed by atoms with E-state index in [9.17, 15) is 23.2 Å². The van der Waals surface area contributed by atoms with Gasteiger partial charge in [-0.2, -0.15) is 0 Å². The SMILES string of the molecule is COc1ccccc1NC(=O)C(=O)N(c1ccc(F)cc1)[C@H](C(=O)NC(C)(C)C)c1ccccc1F. The zero-order chi connectivity index (χ0) is 26.5. The Balaban J connectivity index is 2.13. The molecule has 0 aliphatic heterocycles. The lowest BCUT2D eigenvalue weighted by Crippen LogP contribution is -2.51. The lowest BCUT2D eigenvalue weighted by molar-refractivity contribution is -0.136. The molecule has 0 unspecified atom stereocenters. The van der Waals surface area contributed by atoms with Crippen molar-refractivity contribution in [1.29, 1.82) is 0 Å². The van der Waals surface area contributed by atoms with Crippen LogP contribution in [0.3, 0.4) is 0 Å². The smallest absolute Gasteiger partial charge is 0.317 e.